The van der Waals surface area contributed by atoms with E-state index in [9.17, 15) is 54.0 Å². The van der Waals surface area contributed by atoms with Gasteiger partial charge < -0.3 is 81.3 Å². The summed E-state index contributed by atoms with van der Waals surface area (Å²) >= 11 is 0. The quantitative estimate of drug-likeness (QED) is 0.106. The highest BCUT2D eigenvalue weighted by Crippen LogP contribution is 2.32. The van der Waals surface area contributed by atoms with Crippen molar-refractivity contribution in [1.29, 1.82) is 0 Å². The van der Waals surface area contributed by atoms with Gasteiger partial charge in [0.25, 0.3) is 0 Å². The van der Waals surface area contributed by atoms with Gasteiger partial charge in [-0.25, -0.2) is 13.2 Å². The third-order valence-corrected chi connectivity index (χ3v) is 7.93. The Balaban J connectivity index is 1.62. The number of benzene rings is 1. The van der Waals surface area contributed by atoms with Gasteiger partial charge in [-0.15, -0.1) is 0 Å². The highest BCUT2D eigenvalue weighted by atomic mass is 19.2. The van der Waals surface area contributed by atoms with Crippen LogP contribution in [-0.2, 0) is 30.2 Å². The van der Waals surface area contributed by atoms with E-state index in [-0.39, 0.29) is 5.56 Å². The summed E-state index contributed by atoms with van der Waals surface area (Å²) in [5.41, 5.74) is 11.3. The maximum atomic E-state index is 14.4. The second kappa shape index (κ2) is 14.9. The molecule has 0 aliphatic carbocycles. The van der Waals surface area contributed by atoms with Gasteiger partial charge in [0.05, 0.1) is 37.9 Å². The fraction of sp³-hybridized carbons (Fsp3) is 0.760. The summed E-state index contributed by atoms with van der Waals surface area (Å²) in [6, 6.07) is -2.69. The molecule has 3 heterocycles. The van der Waals surface area contributed by atoms with Crippen molar-refractivity contribution < 1.29 is 77.7 Å². The average Bonchev–Trinajstić information content (AvgIpc) is 3.01. The number of hydrogen-bond donors (Lipinski definition) is 11. The molecule has 252 valence electrons. The van der Waals surface area contributed by atoms with E-state index in [0.717, 1.165) is 6.07 Å². The van der Waals surface area contributed by atoms with Crippen LogP contribution in [0, 0.1) is 17.5 Å². The molecule has 44 heavy (non-hydrogen) atoms. The molecular formula is C25H38F3N3O13. The highest BCUT2D eigenvalue weighted by Gasteiger charge is 2.53. The van der Waals surface area contributed by atoms with E-state index in [0.29, 0.717) is 6.07 Å². The number of hydrogen-bond acceptors (Lipinski definition) is 16. The molecule has 2 unspecified atom stereocenters. The highest BCUT2D eigenvalue weighted by molar-refractivity contribution is 5.20. The third-order valence-electron chi connectivity index (χ3n) is 7.93. The predicted octanol–water partition coefficient (Wildman–Crippen LogP) is -5.43. The van der Waals surface area contributed by atoms with Crippen LogP contribution in [-0.4, -0.2) is 153 Å². The zero-order chi connectivity index (χ0) is 32.5. The van der Waals surface area contributed by atoms with Crippen LogP contribution >= 0.6 is 0 Å². The fourth-order valence-corrected chi connectivity index (χ4v) is 5.30. The lowest BCUT2D eigenvalue weighted by Crippen LogP contribution is -2.70. The van der Waals surface area contributed by atoms with Gasteiger partial charge in [-0.05, 0) is 6.07 Å². The van der Waals surface area contributed by atoms with Crippen molar-refractivity contribution in [3.8, 4) is 0 Å². The zero-order valence-corrected chi connectivity index (χ0v) is 23.1. The molecule has 15 atom stereocenters. The Morgan fingerprint density at radius 1 is 0.682 bits per heavy atom. The van der Waals surface area contributed by atoms with Crippen molar-refractivity contribution in [1.82, 2.24) is 5.32 Å². The molecule has 1 aromatic rings. The van der Waals surface area contributed by atoms with Gasteiger partial charge in [0, 0.05) is 12.1 Å². The number of halogens is 3. The standard InChI is InChI=1S/C25H38F3N3O13/c26-8-2-1-7(12(27)13(8)28)3-31-16-20(38)22(43-24-15(30)18(36)17(35)9(4-32)41-24)11(6-34)42-25(16)44-21-10(5-33)40-23(39)14(29)19(21)37/h1-2,9-11,14-25,31-39H,3-6,29-30H2/t9-,10-,11-,14-,15-,16-,17-,18-,19-,20-,21?,22?,23-,24+,25+/m1/s1. The maximum absolute atomic E-state index is 14.4. The Kier molecular flexibility index (Phi) is 11.9. The lowest BCUT2D eigenvalue weighted by Gasteiger charge is -2.49. The number of ether oxygens (including phenoxy) is 5. The van der Waals surface area contributed by atoms with Gasteiger partial charge in [0.2, 0.25) is 0 Å². The fourth-order valence-electron chi connectivity index (χ4n) is 5.30. The molecule has 0 spiro atoms. The number of nitrogens with two attached hydrogens (primary N) is 2. The van der Waals surface area contributed by atoms with Gasteiger partial charge in [-0.1, -0.05) is 6.07 Å². The summed E-state index contributed by atoms with van der Waals surface area (Å²) in [7, 11) is 0. The summed E-state index contributed by atoms with van der Waals surface area (Å²) in [6.07, 6.45) is -18.8. The smallest absolute Gasteiger partial charge is 0.194 e. The van der Waals surface area contributed by atoms with E-state index in [1.54, 1.807) is 0 Å². The monoisotopic (exact) mass is 645 g/mol. The summed E-state index contributed by atoms with van der Waals surface area (Å²) in [4.78, 5) is 0. The van der Waals surface area contributed by atoms with Gasteiger partial charge in [0.15, 0.2) is 36.3 Å². The predicted molar refractivity (Wildman–Crippen MR) is 136 cm³/mol. The van der Waals surface area contributed by atoms with E-state index in [2.05, 4.69) is 5.32 Å². The second-order valence-electron chi connectivity index (χ2n) is 10.8. The minimum absolute atomic E-state index is 0.378. The Morgan fingerprint density at radius 2 is 1.25 bits per heavy atom. The number of nitrogens with one attached hydrogen (secondary N) is 1. The molecule has 3 fully saturated rings. The largest absolute Gasteiger partial charge is 0.394 e. The van der Waals surface area contributed by atoms with Crippen molar-refractivity contribution in [2.75, 3.05) is 19.8 Å². The first-order chi connectivity index (χ1) is 20.8. The van der Waals surface area contributed by atoms with E-state index in [4.69, 9.17) is 35.2 Å². The molecule has 4 rings (SSSR count). The maximum Gasteiger partial charge on any atom is 0.194 e. The molecule has 3 aliphatic heterocycles. The summed E-state index contributed by atoms with van der Waals surface area (Å²) in [5, 5.41) is 84.6. The van der Waals surface area contributed by atoms with Crippen LogP contribution in [0.25, 0.3) is 0 Å². The Bertz CT molecular complexity index is 1100. The van der Waals surface area contributed by atoms with Crippen LogP contribution in [0.4, 0.5) is 13.2 Å². The Labute approximate surface area is 248 Å². The lowest BCUT2D eigenvalue weighted by atomic mass is 9.94. The van der Waals surface area contributed by atoms with Crippen LogP contribution in [0.2, 0.25) is 0 Å². The Morgan fingerprint density at radius 3 is 1.89 bits per heavy atom. The molecule has 0 aromatic heterocycles. The van der Waals surface area contributed by atoms with Crippen molar-refractivity contribution in [3.63, 3.8) is 0 Å². The first-order valence-electron chi connectivity index (χ1n) is 13.7. The lowest BCUT2D eigenvalue weighted by molar-refractivity contribution is -0.350. The average molecular weight is 646 g/mol. The Hall–Kier alpha value is -1.63. The van der Waals surface area contributed by atoms with Crippen molar-refractivity contribution in [3.05, 3.63) is 35.1 Å². The first kappa shape index (κ1) is 35.2. The van der Waals surface area contributed by atoms with Gasteiger partial charge >= 0.3 is 0 Å². The first-order valence-corrected chi connectivity index (χ1v) is 13.7. The number of aliphatic hydroxyl groups is 8. The molecule has 0 radical (unpaired) electrons. The van der Waals surface area contributed by atoms with Gasteiger partial charge in [-0.3, -0.25) is 0 Å². The molecule has 0 amide bonds. The van der Waals surface area contributed by atoms with Crippen LogP contribution in [0.3, 0.4) is 0 Å². The van der Waals surface area contributed by atoms with Gasteiger partial charge in [-0.2, -0.15) is 0 Å². The molecule has 3 saturated heterocycles. The topological polar surface area (TPSA) is 272 Å². The van der Waals surface area contributed by atoms with Crippen LogP contribution in [0.1, 0.15) is 5.56 Å². The van der Waals surface area contributed by atoms with Crippen LogP contribution in [0.5, 0.6) is 0 Å². The molecule has 16 nitrogen and oxygen atoms in total. The minimum atomic E-state index is -1.79. The molecular weight excluding hydrogens is 607 g/mol. The normalized spacial score (nSPS) is 43.2. The molecule has 13 N–H and O–H groups in total. The van der Waals surface area contributed by atoms with Crippen molar-refractivity contribution in [2.45, 2.75) is 98.5 Å². The van der Waals surface area contributed by atoms with E-state index in [1.807, 2.05) is 0 Å². The van der Waals surface area contributed by atoms with Crippen LogP contribution < -0.4 is 16.8 Å². The number of rotatable bonds is 10. The second-order valence-corrected chi connectivity index (χ2v) is 10.8. The van der Waals surface area contributed by atoms with E-state index in [1.165, 1.54) is 0 Å². The third kappa shape index (κ3) is 7.03. The molecule has 0 saturated carbocycles. The van der Waals surface area contributed by atoms with Crippen molar-refractivity contribution >= 4 is 0 Å². The van der Waals surface area contributed by atoms with E-state index < -0.39 is 136 Å². The van der Waals surface area contributed by atoms with Crippen molar-refractivity contribution in [2.24, 2.45) is 11.5 Å². The molecule has 19 heteroatoms. The zero-order valence-electron chi connectivity index (χ0n) is 23.1. The van der Waals surface area contributed by atoms with Crippen LogP contribution in [0.15, 0.2) is 12.1 Å². The molecule has 0 bridgehead atoms. The summed E-state index contributed by atoms with van der Waals surface area (Å²) in [5.74, 6) is -4.71. The minimum Gasteiger partial charge on any atom is -0.394 e. The summed E-state index contributed by atoms with van der Waals surface area (Å²) in [6.45, 7) is -2.92. The number of aliphatic hydroxyl groups excluding tert-OH is 8. The molecule has 1 aromatic carbocycles. The SMILES string of the molecule is N[C@H]1[C@H](OC2[C@@H](CO)O[C@@H](OC3[C@@H](CO)O[C@@H](O)[C@H](N)[C@H]3O)[C@H](NCc3ccc(F)c(F)c3F)[C@H]2O)O[C@H](CO)[C@@H](O)[C@@H]1O. The van der Waals surface area contributed by atoms with Gasteiger partial charge in [0.1, 0.15) is 54.9 Å². The summed E-state index contributed by atoms with van der Waals surface area (Å²) < 4.78 is 69.9. The van der Waals surface area contributed by atoms with E-state index >= 15 is 0 Å². The molecule has 3 aliphatic rings.